The highest BCUT2D eigenvalue weighted by Crippen LogP contribution is 2.53. The summed E-state index contributed by atoms with van der Waals surface area (Å²) in [7, 11) is 0. The van der Waals surface area contributed by atoms with Crippen molar-refractivity contribution in [2.75, 3.05) is 0 Å². The van der Waals surface area contributed by atoms with Gasteiger partial charge in [0.15, 0.2) is 0 Å². The fourth-order valence-corrected chi connectivity index (χ4v) is 3.70. The van der Waals surface area contributed by atoms with Gasteiger partial charge in [0.1, 0.15) is 0 Å². The van der Waals surface area contributed by atoms with Gasteiger partial charge in [0.05, 0.1) is 0 Å². The van der Waals surface area contributed by atoms with Crippen LogP contribution in [0.15, 0.2) is 30.3 Å². The first-order valence-corrected chi connectivity index (χ1v) is 6.29. The third kappa shape index (κ3) is 1.32. The van der Waals surface area contributed by atoms with E-state index in [0.717, 1.165) is 0 Å². The van der Waals surface area contributed by atoms with Gasteiger partial charge >= 0.3 is 0 Å². The third-order valence-corrected chi connectivity index (χ3v) is 4.91. The van der Waals surface area contributed by atoms with Gasteiger partial charge in [0.25, 0.3) is 0 Å². The second kappa shape index (κ2) is 3.06. The van der Waals surface area contributed by atoms with Crippen molar-refractivity contribution in [3.63, 3.8) is 0 Å². The Kier molecular flexibility index (Phi) is 1.91. The van der Waals surface area contributed by atoms with E-state index in [2.05, 4.69) is 37.3 Å². The molecule has 0 amide bonds. The number of fused-ring (bicyclic) bond motifs is 1. The number of nitrogens with two attached hydrogens (primary N) is 1. The number of rotatable bonds is 2. The van der Waals surface area contributed by atoms with Crippen LogP contribution in [0.5, 0.6) is 0 Å². The van der Waals surface area contributed by atoms with Gasteiger partial charge in [-0.25, -0.2) is 0 Å². The summed E-state index contributed by atoms with van der Waals surface area (Å²) in [5, 5.41) is 1.37. The summed E-state index contributed by atoms with van der Waals surface area (Å²) in [4.78, 5) is 1.48. The van der Waals surface area contributed by atoms with Crippen LogP contribution < -0.4 is 5.73 Å². The zero-order valence-corrected chi connectivity index (χ0v) is 9.68. The average Bonchev–Trinajstić information content (AvgIpc) is 2.93. The molecule has 1 atom stereocenters. The Balaban J connectivity index is 2.13. The molecular formula is C13H15NS. The number of benzene rings is 1. The highest BCUT2D eigenvalue weighted by Gasteiger charge is 2.48. The predicted octanol–water partition coefficient (Wildman–Crippen LogP) is 3.28. The number of hydrogen-bond acceptors (Lipinski definition) is 2. The molecular weight excluding hydrogens is 202 g/mol. The third-order valence-electron chi connectivity index (χ3n) is 3.58. The Hall–Kier alpha value is -0.860. The maximum Gasteiger partial charge on any atom is 0.0345 e. The first-order valence-electron chi connectivity index (χ1n) is 5.47. The Morgan fingerprint density at radius 1 is 1.33 bits per heavy atom. The topological polar surface area (TPSA) is 26.0 Å². The smallest absolute Gasteiger partial charge is 0.0345 e. The van der Waals surface area contributed by atoms with E-state index >= 15 is 0 Å². The van der Waals surface area contributed by atoms with Crippen LogP contribution in [0.4, 0.5) is 0 Å². The monoisotopic (exact) mass is 217 g/mol. The molecule has 1 nitrogen and oxygen atoms in total. The van der Waals surface area contributed by atoms with Crippen molar-refractivity contribution in [1.82, 2.24) is 0 Å². The van der Waals surface area contributed by atoms with Crippen LogP contribution >= 0.6 is 11.3 Å². The fraction of sp³-hybridized carbons (Fsp3) is 0.385. The van der Waals surface area contributed by atoms with Crippen molar-refractivity contribution in [2.24, 2.45) is 5.73 Å². The maximum atomic E-state index is 6.09. The van der Waals surface area contributed by atoms with E-state index in [9.17, 15) is 0 Å². The molecule has 1 aromatic carbocycles. The standard InChI is InChI=1S/C13H15NS/c1-9(14)13(6-7-13)12-8-10-4-2-3-5-11(10)15-12/h2-5,8-9H,6-7,14H2,1H3. The highest BCUT2D eigenvalue weighted by atomic mass is 32.1. The molecule has 1 heterocycles. The molecule has 1 saturated carbocycles. The molecule has 0 bridgehead atoms. The largest absolute Gasteiger partial charge is 0.327 e. The molecule has 0 saturated heterocycles. The van der Waals surface area contributed by atoms with E-state index in [4.69, 9.17) is 5.73 Å². The van der Waals surface area contributed by atoms with Crippen LogP contribution in [0.3, 0.4) is 0 Å². The minimum Gasteiger partial charge on any atom is -0.327 e. The van der Waals surface area contributed by atoms with Gasteiger partial charge in [-0.15, -0.1) is 11.3 Å². The second-order valence-electron chi connectivity index (χ2n) is 4.59. The lowest BCUT2D eigenvalue weighted by molar-refractivity contribution is 0.566. The van der Waals surface area contributed by atoms with Gasteiger partial charge < -0.3 is 5.73 Å². The quantitative estimate of drug-likeness (QED) is 0.820. The Morgan fingerprint density at radius 2 is 2.07 bits per heavy atom. The minimum atomic E-state index is 0.283. The molecule has 0 aliphatic heterocycles. The lowest BCUT2D eigenvalue weighted by Crippen LogP contribution is -2.30. The van der Waals surface area contributed by atoms with Crippen molar-refractivity contribution in [1.29, 1.82) is 0 Å². The van der Waals surface area contributed by atoms with Crippen LogP contribution in [0.2, 0.25) is 0 Å². The van der Waals surface area contributed by atoms with Crippen molar-refractivity contribution >= 4 is 21.4 Å². The zero-order valence-electron chi connectivity index (χ0n) is 8.86. The number of thiophene rings is 1. The van der Waals surface area contributed by atoms with Crippen LogP contribution in [0, 0.1) is 0 Å². The van der Waals surface area contributed by atoms with Gasteiger partial charge in [-0.1, -0.05) is 18.2 Å². The molecule has 2 N–H and O–H groups in total. The Labute approximate surface area is 93.9 Å². The van der Waals surface area contributed by atoms with Crippen molar-refractivity contribution < 1.29 is 0 Å². The molecule has 78 valence electrons. The average molecular weight is 217 g/mol. The second-order valence-corrected chi connectivity index (χ2v) is 5.68. The van der Waals surface area contributed by atoms with Gasteiger partial charge in [-0.3, -0.25) is 0 Å². The fourth-order valence-electron chi connectivity index (χ4n) is 2.29. The lowest BCUT2D eigenvalue weighted by atomic mass is 9.96. The van der Waals surface area contributed by atoms with Crippen LogP contribution in [0.1, 0.15) is 24.6 Å². The normalized spacial score (nSPS) is 20.4. The molecule has 1 fully saturated rings. The lowest BCUT2D eigenvalue weighted by Gasteiger charge is -2.17. The summed E-state index contributed by atoms with van der Waals surface area (Å²) >= 11 is 1.92. The highest BCUT2D eigenvalue weighted by molar-refractivity contribution is 7.19. The molecule has 1 aliphatic rings. The molecule has 2 heteroatoms. The van der Waals surface area contributed by atoms with Gasteiger partial charge in [-0.2, -0.15) is 0 Å². The number of hydrogen-bond donors (Lipinski definition) is 1. The molecule has 1 aromatic heterocycles. The van der Waals surface area contributed by atoms with Gasteiger partial charge in [0.2, 0.25) is 0 Å². The van der Waals surface area contributed by atoms with Crippen LogP contribution in [-0.2, 0) is 5.41 Å². The van der Waals surface area contributed by atoms with Gasteiger partial charge in [0, 0.05) is 21.0 Å². The molecule has 3 rings (SSSR count). The van der Waals surface area contributed by atoms with Crippen LogP contribution in [0.25, 0.3) is 10.1 Å². The van der Waals surface area contributed by atoms with Crippen molar-refractivity contribution in [2.45, 2.75) is 31.2 Å². The van der Waals surface area contributed by atoms with Crippen molar-refractivity contribution in [3.05, 3.63) is 35.2 Å². The molecule has 1 unspecified atom stereocenters. The summed E-state index contributed by atoms with van der Waals surface area (Å²) in [6.45, 7) is 2.14. The zero-order chi connectivity index (χ0) is 10.5. The molecule has 1 aliphatic carbocycles. The van der Waals surface area contributed by atoms with Crippen molar-refractivity contribution in [3.8, 4) is 0 Å². The van der Waals surface area contributed by atoms with E-state index in [1.54, 1.807) is 0 Å². The first kappa shape index (κ1) is 9.37. The van der Waals surface area contributed by atoms with Gasteiger partial charge in [-0.05, 0) is 37.3 Å². The molecule has 15 heavy (non-hydrogen) atoms. The summed E-state index contributed by atoms with van der Waals surface area (Å²) in [6, 6.07) is 11.2. The first-order chi connectivity index (χ1) is 7.22. The summed E-state index contributed by atoms with van der Waals surface area (Å²) < 4.78 is 1.39. The Morgan fingerprint density at radius 3 is 2.67 bits per heavy atom. The summed E-state index contributed by atoms with van der Waals surface area (Å²) in [5.74, 6) is 0. The SMILES string of the molecule is CC(N)C1(c2cc3ccccc3s2)CC1. The Bertz CT molecular complexity index is 461. The van der Waals surface area contributed by atoms with E-state index in [0.29, 0.717) is 5.41 Å². The van der Waals surface area contributed by atoms with E-state index in [1.165, 1.54) is 27.8 Å². The summed E-state index contributed by atoms with van der Waals surface area (Å²) in [6.07, 6.45) is 2.52. The van der Waals surface area contributed by atoms with Crippen LogP contribution in [-0.4, -0.2) is 6.04 Å². The van der Waals surface area contributed by atoms with E-state index in [1.807, 2.05) is 11.3 Å². The molecule has 0 spiro atoms. The maximum absolute atomic E-state index is 6.09. The summed E-state index contributed by atoms with van der Waals surface area (Å²) in [5.41, 5.74) is 6.40. The predicted molar refractivity (Wildman–Crippen MR) is 66.4 cm³/mol. The van der Waals surface area contributed by atoms with E-state index in [-0.39, 0.29) is 6.04 Å². The molecule has 2 aromatic rings. The molecule has 0 radical (unpaired) electrons. The minimum absolute atomic E-state index is 0.283. The van der Waals surface area contributed by atoms with E-state index < -0.39 is 0 Å².